The predicted octanol–water partition coefficient (Wildman–Crippen LogP) is 3.07. The lowest BCUT2D eigenvalue weighted by Gasteiger charge is -2.12. The van der Waals surface area contributed by atoms with Gasteiger partial charge in [0.25, 0.3) is 0 Å². The topological polar surface area (TPSA) is 16.4 Å². The maximum atomic E-state index is 5.31. The molecule has 0 radical (unpaired) electrons. The van der Waals surface area contributed by atoms with E-state index in [1.54, 1.807) is 18.0 Å². The Hall–Kier alpha value is -0.830. The summed E-state index contributed by atoms with van der Waals surface area (Å²) >= 11 is 1.70. The van der Waals surface area contributed by atoms with Gasteiger partial charge in [0.2, 0.25) is 0 Å². The smallest absolute Gasteiger partial charge is 0.189 e. The second-order valence-electron chi connectivity index (χ2n) is 3.06. The fourth-order valence-electron chi connectivity index (χ4n) is 1.32. The predicted molar refractivity (Wildman–Crippen MR) is 51.3 cm³/mol. The number of nitrogens with zero attached hydrogens (tertiary/aromatic N) is 1. The molecule has 0 atom stereocenters. The van der Waals surface area contributed by atoms with Crippen LogP contribution in [0.4, 0.5) is 5.69 Å². The third kappa shape index (κ3) is 0.966. The summed E-state index contributed by atoms with van der Waals surface area (Å²) in [5.41, 5.74) is 2.50. The molecule has 1 aromatic heterocycles. The molecule has 0 amide bonds. The Bertz CT molecular complexity index is 336. The minimum absolute atomic E-state index is 1.01. The molecule has 0 aromatic carbocycles. The van der Waals surface area contributed by atoms with E-state index in [-0.39, 0.29) is 0 Å². The van der Waals surface area contributed by atoms with Crippen LogP contribution in [0.3, 0.4) is 0 Å². The van der Waals surface area contributed by atoms with Crippen molar-refractivity contribution in [3.8, 4) is 0 Å². The summed E-state index contributed by atoms with van der Waals surface area (Å²) in [5.74, 6) is 0. The molecule has 2 heterocycles. The zero-order chi connectivity index (χ0) is 8.72. The van der Waals surface area contributed by atoms with Gasteiger partial charge in [-0.05, 0) is 31.2 Å². The molecular formula is C9H11NOS. The van der Waals surface area contributed by atoms with E-state index in [4.69, 9.17) is 4.42 Å². The van der Waals surface area contributed by atoms with Gasteiger partial charge in [-0.3, -0.25) is 0 Å². The first-order valence-electron chi connectivity index (χ1n) is 3.86. The summed E-state index contributed by atoms with van der Waals surface area (Å²) in [6.45, 7) is 4.23. The first-order chi connectivity index (χ1) is 5.70. The lowest BCUT2D eigenvalue weighted by molar-refractivity contribution is 0.478. The van der Waals surface area contributed by atoms with E-state index in [0.717, 1.165) is 5.09 Å². The molecule has 12 heavy (non-hydrogen) atoms. The molecule has 0 spiro atoms. The van der Waals surface area contributed by atoms with Gasteiger partial charge in [-0.2, -0.15) is 0 Å². The van der Waals surface area contributed by atoms with Gasteiger partial charge in [0, 0.05) is 13.1 Å². The summed E-state index contributed by atoms with van der Waals surface area (Å²) in [6, 6.07) is 2.00. The quantitative estimate of drug-likeness (QED) is 0.612. The molecule has 1 aliphatic heterocycles. The summed E-state index contributed by atoms with van der Waals surface area (Å²) in [6.07, 6.45) is 1.73. The molecule has 2 nitrogen and oxygen atoms in total. The highest BCUT2D eigenvalue weighted by atomic mass is 32.2. The van der Waals surface area contributed by atoms with E-state index in [9.17, 15) is 0 Å². The summed E-state index contributed by atoms with van der Waals surface area (Å²) in [5, 5.41) is 2.29. The number of thioether (sulfide) groups is 1. The molecule has 3 heteroatoms. The lowest BCUT2D eigenvalue weighted by atomic mass is 10.3. The Morgan fingerprint density at radius 1 is 1.50 bits per heavy atom. The van der Waals surface area contributed by atoms with Crippen LogP contribution in [0.1, 0.15) is 13.8 Å². The van der Waals surface area contributed by atoms with Crippen molar-refractivity contribution in [3.63, 3.8) is 0 Å². The van der Waals surface area contributed by atoms with E-state index in [0.29, 0.717) is 0 Å². The Labute approximate surface area is 76.2 Å². The number of allylic oxidation sites excluding steroid dienone is 1. The minimum Gasteiger partial charge on any atom is -0.455 e. The number of hydrogen-bond donors (Lipinski definition) is 0. The lowest BCUT2D eigenvalue weighted by Crippen LogP contribution is -2.09. The SMILES string of the molecule is CC(C)=C1Sc2occc2N1C. The van der Waals surface area contributed by atoms with Crippen LogP contribution in [0.25, 0.3) is 0 Å². The van der Waals surface area contributed by atoms with Crippen LogP contribution < -0.4 is 4.90 Å². The Kier molecular flexibility index (Phi) is 1.68. The summed E-state index contributed by atoms with van der Waals surface area (Å²) < 4.78 is 5.31. The average molecular weight is 181 g/mol. The molecule has 0 bridgehead atoms. The number of anilines is 1. The molecule has 0 unspecified atom stereocenters. The Balaban J connectivity index is 2.46. The monoisotopic (exact) mass is 181 g/mol. The molecule has 0 N–H and O–H groups in total. The van der Waals surface area contributed by atoms with Gasteiger partial charge in [-0.1, -0.05) is 0 Å². The summed E-state index contributed by atoms with van der Waals surface area (Å²) in [7, 11) is 2.07. The maximum Gasteiger partial charge on any atom is 0.189 e. The molecule has 0 fully saturated rings. The van der Waals surface area contributed by atoms with Gasteiger partial charge in [-0.15, -0.1) is 0 Å². The second kappa shape index (κ2) is 2.59. The fraction of sp³-hybridized carbons (Fsp3) is 0.333. The second-order valence-corrected chi connectivity index (χ2v) is 4.02. The van der Waals surface area contributed by atoms with Crippen LogP contribution in [0, 0.1) is 0 Å². The Morgan fingerprint density at radius 3 is 2.83 bits per heavy atom. The highest BCUT2D eigenvalue weighted by molar-refractivity contribution is 8.03. The molecule has 2 rings (SSSR count). The van der Waals surface area contributed by atoms with Crippen molar-refractivity contribution in [1.82, 2.24) is 0 Å². The zero-order valence-corrected chi connectivity index (χ0v) is 8.23. The van der Waals surface area contributed by atoms with Crippen molar-refractivity contribution in [2.75, 3.05) is 11.9 Å². The van der Waals surface area contributed by atoms with Crippen LogP contribution in [-0.4, -0.2) is 7.05 Å². The highest BCUT2D eigenvalue weighted by Crippen LogP contribution is 2.46. The van der Waals surface area contributed by atoms with Gasteiger partial charge in [0.05, 0.1) is 17.0 Å². The van der Waals surface area contributed by atoms with Crippen molar-refractivity contribution < 1.29 is 4.42 Å². The average Bonchev–Trinajstić information content (AvgIpc) is 2.53. The third-order valence-electron chi connectivity index (χ3n) is 1.89. The number of furan rings is 1. The van der Waals surface area contributed by atoms with Crippen LogP contribution in [0.5, 0.6) is 0 Å². The van der Waals surface area contributed by atoms with Gasteiger partial charge in [-0.25, -0.2) is 0 Å². The first kappa shape index (κ1) is 7.80. The van der Waals surface area contributed by atoms with Gasteiger partial charge >= 0.3 is 0 Å². The van der Waals surface area contributed by atoms with E-state index < -0.39 is 0 Å². The maximum absolute atomic E-state index is 5.31. The van der Waals surface area contributed by atoms with Crippen molar-refractivity contribution >= 4 is 17.4 Å². The molecule has 0 saturated carbocycles. The fourth-order valence-corrected chi connectivity index (χ4v) is 2.35. The normalized spacial score (nSPS) is 15.2. The third-order valence-corrected chi connectivity index (χ3v) is 3.26. The van der Waals surface area contributed by atoms with E-state index >= 15 is 0 Å². The van der Waals surface area contributed by atoms with Crippen LogP contribution >= 0.6 is 11.8 Å². The zero-order valence-electron chi connectivity index (χ0n) is 7.42. The number of hydrogen-bond acceptors (Lipinski definition) is 3. The molecule has 1 aromatic rings. The van der Waals surface area contributed by atoms with Gasteiger partial charge < -0.3 is 9.32 Å². The van der Waals surface area contributed by atoms with Crippen LogP contribution in [-0.2, 0) is 0 Å². The van der Waals surface area contributed by atoms with E-state index in [2.05, 4.69) is 25.8 Å². The van der Waals surface area contributed by atoms with Crippen molar-refractivity contribution in [1.29, 1.82) is 0 Å². The van der Waals surface area contributed by atoms with Crippen LogP contribution in [0.2, 0.25) is 0 Å². The molecule has 0 saturated heterocycles. The highest BCUT2D eigenvalue weighted by Gasteiger charge is 2.25. The van der Waals surface area contributed by atoms with Crippen molar-refractivity contribution in [3.05, 3.63) is 22.9 Å². The van der Waals surface area contributed by atoms with E-state index in [1.807, 2.05) is 6.07 Å². The largest absolute Gasteiger partial charge is 0.455 e. The van der Waals surface area contributed by atoms with Crippen LogP contribution in [0.15, 0.2) is 32.4 Å². The summed E-state index contributed by atoms with van der Waals surface area (Å²) in [4.78, 5) is 2.17. The Morgan fingerprint density at radius 2 is 2.25 bits per heavy atom. The van der Waals surface area contributed by atoms with Crippen molar-refractivity contribution in [2.45, 2.75) is 18.9 Å². The van der Waals surface area contributed by atoms with E-state index in [1.165, 1.54) is 16.3 Å². The van der Waals surface area contributed by atoms with Gasteiger partial charge in [0.15, 0.2) is 5.09 Å². The first-order valence-corrected chi connectivity index (χ1v) is 4.68. The van der Waals surface area contributed by atoms with Gasteiger partial charge in [0.1, 0.15) is 0 Å². The molecule has 64 valence electrons. The number of fused-ring (bicyclic) bond motifs is 1. The number of rotatable bonds is 0. The minimum atomic E-state index is 1.01. The molecular weight excluding hydrogens is 170 g/mol. The standard InChI is InChI=1S/C9H11NOS/c1-6(2)8-10(3)7-4-5-11-9(7)12-8/h4-5H,1-3H3. The molecule has 0 aliphatic carbocycles. The molecule has 1 aliphatic rings. The van der Waals surface area contributed by atoms with Crippen molar-refractivity contribution in [2.24, 2.45) is 0 Å².